The van der Waals surface area contributed by atoms with Gasteiger partial charge in [0, 0.05) is 40.3 Å². The molecule has 3 aromatic carbocycles. The van der Waals surface area contributed by atoms with E-state index >= 15 is 0 Å². The number of nitrogens with one attached hydrogen (secondary N) is 2. The fourth-order valence-electron chi connectivity index (χ4n) is 5.90. The third-order valence-electron chi connectivity index (χ3n) is 8.12. The highest BCUT2D eigenvalue weighted by atomic mass is 16.5. The van der Waals surface area contributed by atoms with Gasteiger partial charge in [-0.25, -0.2) is 0 Å². The Balaban J connectivity index is 1.60. The molecular weight excluding hydrogens is 530 g/mol. The van der Waals surface area contributed by atoms with E-state index in [0.717, 1.165) is 47.7 Å². The number of aromatic nitrogens is 1. The van der Waals surface area contributed by atoms with Gasteiger partial charge in [-0.05, 0) is 42.7 Å². The van der Waals surface area contributed by atoms with E-state index in [1.165, 1.54) is 6.42 Å². The van der Waals surface area contributed by atoms with Gasteiger partial charge in [-0.3, -0.25) is 9.59 Å². The molecule has 5 rings (SSSR count). The van der Waals surface area contributed by atoms with Crippen molar-refractivity contribution < 1.29 is 23.8 Å². The van der Waals surface area contributed by atoms with Crippen LogP contribution in [-0.4, -0.2) is 49.1 Å². The molecule has 1 aromatic heterocycles. The monoisotopic (exact) mass is 569 g/mol. The lowest BCUT2D eigenvalue weighted by Crippen LogP contribution is -2.47. The molecule has 0 aliphatic heterocycles. The van der Waals surface area contributed by atoms with E-state index < -0.39 is 6.04 Å². The number of para-hydroxylation sites is 2. The topological polar surface area (TPSA) is 92.9 Å². The Morgan fingerprint density at radius 1 is 0.881 bits per heavy atom. The number of fused-ring (bicyclic) bond motifs is 1. The zero-order chi connectivity index (χ0) is 29.5. The number of amides is 2. The number of ether oxygens (including phenoxy) is 3. The lowest BCUT2D eigenvalue weighted by atomic mass is 9.94. The zero-order valence-electron chi connectivity index (χ0n) is 24.5. The summed E-state index contributed by atoms with van der Waals surface area (Å²) in [5.74, 6) is 1.31. The van der Waals surface area contributed by atoms with Crippen molar-refractivity contribution in [3.8, 4) is 17.2 Å². The van der Waals surface area contributed by atoms with Gasteiger partial charge in [-0.2, -0.15) is 0 Å². The molecule has 42 heavy (non-hydrogen) atoms. The van der Waals surface area contributed by atoms with Crippen molar-refractivity contribution in [1.82, 2.24) is 15.2 Å². The first-order valence-corrected chi connectivity index (χ1v) is 14.5. The molecule has 2 N–H and O–H groups in total. The number of carbonyl (C=O) groups excluding carboxylic acids is 2. The quantitative estimate of drug-likeness (QED) is 0.233. The second kappa shape index (κ2) is 13.5. The molecule has 0 radical (unpaired) electrons. The Bertz CT molecular complexity index is 1520. The second-order valence-corrected chi connectivity index (χ2v) is 10.7. The number of hydrogen-bond donors (Lipinski definition) is 2. The number of aromatic amines is 1. The molecule has 1 aliphatic rings. The Morgan fingerprint density at radius 3 is 2.38 bits per heavy atom. The molecule has 220 valence electrons. The van der Waals surface area contributed by atoms with Crippen molar-refractivity contribution in [2.45, 2.75) is 57.2 Å². The van der Waals surface area contributed by atoms with Crippen molar-refractivity contribution in [2.75, 3.05) is 21.3 Å². The molecule has 1 fully saturated rings. The number of hydrogen-bond acceptors (Lipinski definition) is 5. The van der Waals surface area contributed by atoms with Crippen LogP contribution in [0, 0.1) is 0 Å². The van der Waals surface area contributed by atoms with E-state index in [-0.39, 0.29) is 30.8 Å². The first-order valence-electron chi connectivity index (χ1n) is 14.5. The fraction of sp³-hybridized carbons (Fsp3) is 0.353. The number of rotatable bonds is 11. The summed E-state index contributed by atoms with van der Waals surface area (Å²) in [7, 11) is 4.75. The maximum Gasteiger partial charge on any atom is 0.247 e. The number of benzene rings is 3. The highest BCUT2D eigenvalue weighted by Gasteiger charge is 2.35. The summed E-state index contributed by atoms with van der Waals surface area (Å²) < 4.78 is 16.9. The van der Waals surface area contributed by atoms with Crippen LogP contribution in [0.5, 0.6) is 17.2 Å². The third kappa shape index (κ3) is 6.38. The second-order valence-electron chi connectivity index (χ2n) is 10.7. The average molecular weight is 570 g/mol. The number of carbonyl (C=O) groups is 2. The summed E-state index contributed by atoms with van der Waals surface area (Å²) >= 11 is 0. The Morgan fingerprint density at radius 2 is 1.62 bits per heavy atom. The molecule has 1 aliphatic carbocycles. The minimum absolute atomic E-state index is 0.0647. The van der Waals surface area contributed by atoms with E-state index in [4.69, 9.17) is 14.2 Å². The lowest BCUT2D eigenvalue weighted by Gasteiger charge is -2.34. The van der Waals surface area contributed by atoms with Crippen LogP contribution in [0.1, 0.15) is 54.8 Å². The van der Waals surface area contributed by atoms with Gasteiger partial charge < -0.3 is 29.4 Å². The predicted octanol–water partition coefficient (Wildman–Crippen LogP) is 5.96. The summed E-state index contributed by atoms with van der Waals surface area (Å²) in [6, 6.07) is 20.0. The maximum atomic E-state index is 14.4. The molecule has 4 aromatic rings. The van der Waals surface area contributed by atoms with Crippen LogP contribution < -0.4 is 19.5 Å². The van der Waals surface area contributed by atoms with Crippen LogP contribution in [0.4, 0.5) is 0 Å². The highest BCUT2D eigenvalue weighted by Crippen LogP contribution is 2.36. The molecule has 0 saturated heterocycles. The van der Waals surface area contributed by atoms with E-state index in [9.17, 15) is 9.59 Å². The molecular formula is C34H39N3O5. The van der Waals surface area contributed by atoms with Crippen molar-refractivity contribution in [3.63, 3.8) is 0 Å². The van der Waals surface area contributed by atoms with Crippen molar-refractivity contribution in [1.29, 1.82) is 0 Å². The minimum Gasteiger partial charge on any atom is -0.497 e. The smallest absolute Gasteiger partial charge is 0.247 e. The number of methoxy groups -OCH3 is 3. The molecule has 2 amide bonds. The van der Waals surface area contributed by atoms with Crippen LogP contribution in [0.3, 0.4) is 0 Å². The van der Waals surface area contributed by atoms with Crippen molar-refractivity contribution in [3.05, 3.63) is 89.6 Å². The summed E-state index contributed by atoms with van der Waals surface area (Å²) in [5.41, 5.74) is 3.22. The van der Waals surface area contributed by atoms with Gasteiger partial charge in [0.15, 0.2) is 0 Å². The summed E-state index contributed by atoms with van der Waals surface area (Å²) in [5, 5.41) is 4.26. The Hall–Kier alpha value is -4.46. The lowest BCUT2D eigenvalue weighted by molar-refractivity contribution is -0.141. The van der Waals surface area contributed by atoms with Crippen LogP contribution in [0.15, 0.2) is 72.9 Å². The third-order valence-corrected chi connectivity index (χ3v) is 8.12. The summed E-state index contributed by atoms with van der Waals surface area (Å²) in [6.07, 6.45) is 7.16. The maximum absolute atomic E-state index is 14.4. The van der Waals surface area contributed by atoms with E-state index in [0.29, 0.717) is 22.8 Å². The molecule has 0 bridgehead atoms. The van der Waals surface area contributed by atoms with Gasteiger partial charge in [0.1, 0.15) is 23.3 Å². The molecule has 1 saturated carbocycles. The summed E-state index contributed by atoms with van der Waals surface area (Å²) in [6.45, 7) is 0.170. The van der Waals surface area contributed by atoms with E-state index in [2.05, 4.69) is 10.3 Å². The zero-order valence-corrected chi connectivity index (χ0v) is 24.5. The normalized spacial score (nSPS) is 14.3. The molecule has 1 unspecified atom stereocenters. The van der Waals surface area contributed by atoms with Gasteiger partial charge in [-0.15, -0.1) is 0 Å². The van der Waals surface area contributed by atoms with Gasteiger partial charge in [0.25, 0.3) is 0 Å². The number of nitrogens with zero attached hydrogens (tertiary/aromatic N) is 1. The summed E-state index contributed by atoms with van der Waals surface area (Å²) in [4.78, 5) is 33.6. The number of H-pyrrole nitrogens is 1. The van der Waals surface area contributed by atoms with Crippen LogP contribution in [0.25, 0.3) is 10.9 Å². The van der Waals surface area contributed by atoms with Crippen LogP contribution >= 0.6 is 0 Å². The van der Waals surface area contributed by atoms with Gasteiger partial charge >= 0.3 is 0 Å². The Labute approximate surface area is 247 Å². The SMILES string of the molecule is COc1ccc(C(C(=O)NC2CCCCC2)N(Cc2ccccc2OC)C(=O)Cc2c[nH]c3ccccc23)c(OC)c1. The van der Waals surface area contributed by atoms with Gasteiger partial charge in [0.05, 0.1) is 34.3 Å². The van der Waals surface area contributed by atoms with Crippen molar-refractivity contribution in [2.24, 2.45) is 0 Å². The van der Waals surface area contributed by atoms with Crippen molar-refractivity contribution >= 4 is 22.7 Å². The predicted molar refractivity (Wildman–Crippen MR) is 163 cm³/mol. The fourth-order valence-corrected chi connectivity index (χ4v) is 5.90. The van der Waals surface area contributed by atoms with Crippen LogP contribution in [-0.2, 0) is 22.6 Å². The standard InChI is InChI=1S/C34H39N3O5/c1-40-26-17-18-28(31(20-26)42-3)33(34(39)36-25-12-5-4-6-13-25)37(22-23-11-7-10-16-30(23)41-2)32(38)19-24-21-35-29-15-9-8-14-27(24)29/h7-11,14-18,20-21,25,33,35H,4-6,12-13,19,22H2,1-3H3,(H,36,39). The van der Waals surface area contributed by atoms with Gasteiger partial charge in [0.2, 0.25) is 11.8 Å². The highest BCUT2D eigenvalue weighted by molar-refractivity contribution is 5.93. The average Bonchev–Trinajstić information content (AvgIpc) is 3.44. The minimum atomic E-state index is -0.949. The first-order chi connectivity index (χ1) is 20.5. The van der Waals surface area contributed by atoms with Gasteiger partial charge in [-0.1, -0.05) is 55.7 Å². The molecule has 8 nitrogen and oxygen atoms in total. The molecule has 8 heteroatoms. The molecule has 1 heterocycles. The molecule has 0 spiro atoms. The Kier molecular flexibility index (Phi) is 9.31. The largest absolute Gasteiger partial charge is 0.497 e. The first kappa shape index (κ1) is 29.0. The van der Waals surface area contributed by atoms with E-state index in [1.807, 2.05) is 60.8 Å². The van der Waals surface area contributed by atoms with Crippen LogP contribution in [0.2, 0.25) is 0 Å². The molecule has 1 atom stereocenters. The van der Waals surface area contributed by atoms with E-state index in [1.54, 1.807) is 38.4 Å².